The second-order valence-electron chi connectivity index (χ2n) is 6.05. The van der Waals surface area contributed by atoms with Gasteiger partial charge in [0.15, 0.2) is 5.96 Å². The molecule has 0 aromatic carbocycles. The van der Waals surface area contributed by atoms with Crippen LogP contribution >= 0.6 is 11.3 Å². The summed E-state index contributed by atoms with van der Waals surface area (Å²) in [7, 11) is 2.22. The molecule has 0 saturated carbocycles. The number of guanidine groups is 1. The molecule has 4 nitrogen and oxygen atoms in total. The van der Waals surface area contributed by atoms with Crippen LogP contribution < -0.4 is 10.6 Å². The Labute approximate surface area is 139 Å². The maximum atomic E-state index is 4.73. The minimum absolute atomic E-state index is 0.856. The second kappa shape index (κ2) is 9.85. The van der Waals surface area contributed by atoms with Crippen LogP contribution in [0.1, 0.15) is 31.1 Å². The molecule has 22 heavy (non-hydrogen) atoms. The van der Waals surface area contributed by atoms with Gasteiger partial charge in [-0.2, -0.15) is 0 Å². The van der Waals surface area contributed by atoms with E-state index < -0.39 is 0 Å². The molecule has 2 N–H and O–H groups in total. The van der Waals surface area contributed by atoms with Crippen molar-refractivity contribution in [3.8, 4) is 0 Å². The number of hydrogen-bond acceptors (Lipinski definition) is 3. The molecule has 2 heterocycles. The van der Waals surface area contributed by atoms with E-state index in [1.54, 1.807) is 0 Å². The Morgan fingerprint density at radius 2 is 2.18 bits per heavy atom. The fourth-order valence-electron chi connectivity index (χ4n) is 2.81. The standard InChI is InChI=1S/C17H30N4S/c1-3-18-17(20-11-7-16-5-4-14-22-16)19-10-6-15-8-12-21(2)13-9-15/h4-5,14-15H,3,6-13H2,1-2H3,(H2,18,19,20). The maximum Gasteiger partial charge on any atom is 0.191 e. The van der Waals surface area contributed by atoms with E-state index in [1.165, 1.54) is 37.2 Å². The fourth-order valence-corrected chi connectivity index (χ4v) is 3.52. The molecule has 1 aliphatic rings. The van der Waals surface area contributed by atoms with E-state index in [9.17, 15) is 0 Å². The number of likely N-dealkylation sites (tertiary alicyclic amines) is 1. The Bertz CT molecular complexity index is 422. The molecule has 124 valence electrons. The predicted octanol–water partition coefficient (Wildman–Crippen LogP) is 2.58. The van der Waals surface area contributed by atoms with Crippen LogP contribution in [0.5, 0.6) is 0 Å². The lowest BCUT2D eigenvalue weighted by atomic mass is 9.94. The van der Waals surface area contributed by atoms with Crippen molar-refractivity contribution in [1.29, 1.82) is 0 Å². The Hall–Kier alpha value is -1.07. The lowest BCUT2D eigenvalue weighted by Crippen LogP contribution is -2.38. The second-order valence-corrected chi connectivity index (χ2v) is 7.08. The highest BCUT2D eigenvalue weighted by Gasteiger charge is 2.15. The van der Waals surface area contributed by atoms with E-state index >= 15 is 0 Å². The molecule has 0 spiro atoms. The van der Waals surface area contributed by atoms with Crippen molar-refractivity contribution in [1.82, 2.24) is 15.5 Å². The Morgan fingerprint density at radius 1 is 1.36 bits per heavy atom. The number of rotatable bonds is 7. The Balaban J connectivity index is 1.67. The van der Waals surface area contributed by atoms with Crippen molar-refractivity contribution >= 4 is 17.3 Å². The largest absolute Gasteiger partial charge is 0.357 e. The molecule has 1 aromatic rings. The summed E-state index contributed by atoms with van der Waals surface area (Å²) in [5.74, 6) is 1.82. The molecular weight excluding hydrogens is 292 g/mol. The molecule has 0 atom stereocenters. The molecule has 0 amide bonds. The van der Waals surface area contributed by atoms with Gasteiger partial charge >= 0.3 is 0 Å². The summed E-state index contributed by atoms with van der Waals surface area (Å²) in [6, 6.07) is 4.30. The summed E-state index contributed by atoms with van der Waals surface area (Å²) in [6.45, 7) is 7.40. The Morgan fingerprint density at radius 3 is 2.86 bits per heavy atom. The molecule has 1 fully saturated rings. The van der Waals surface area contributed by atoms with Crippen LogP contribution in [0.15, 0.2) is 22.5 Å². The number of aliphatic imine (C=N–C) groups is 1. The van der Waals surface area contributed by atoms with Crippen LogP contribution in [0.3, 0.4) is 0 Å². The van der Waals surface area contributed by atoms with E-state index in [1.807, 2.05) is 11.3 Å². The van der Waals surface area contributed by atoms with Gasteiger partial charge in [0.05, 0.1) is 0 Å². The summed E-state index contributed by atoms with van der Waals surface area (Å²) in [5, 5.41) is 8.92. The fraction of sp³-hybridized carbons (Fsp3) is 0.706. The van der Waals surface area contributed by atoms with Gasteiger partial charge in [-0.15, -0.1) is 11.3 Å². The molecule has 5 heteroatoms. The van der Waals surface area contributed by atoms with Crippen LogP contribution in [0.4, 0.5) is 0 Å². The van der Waals surface area contributed by atoms with Gasteiger partial charge in [-0.1, -0.05) is 6.07 Å². The Kier molecular flexibility index (Phi) is 7.74. The minimum atomic E-state index is 0.856. The van der Waals surface area contributed by atoms with E-state index in [0.717, 1.165) is 37.9 Å². The first kappa shape index (κ1) is 17.3. The molecule has 0 unspecified atom stereocenters. The first-order chi connectivity index (χ1) is 10.8. The van der Waals surface area contributed by atoms with Crippen molar-refractivity contribution in [3.05, 3.63) is 22.4 Å². The summed E-state index contributed by atoms with van der Waals surface area (Å²) in [5.41, 5.74) is 0. The van der Waals surface area contributed by atoms with E-state index in [2.05, 4.69) is 47.0 Å². The van der Waals surface area contributed by atoms with Crippen LogP contribution in [0.25, 0.3) is 0 Å². The monoisotopic (exact) mass is 322 g/mol. The predicted molar refractivity (Wildman–Crippen MR) is 96.8 cm³/mol. The average Bonchev–Trinajstić information content (AvgIpc) is 3.02. The molecule has 1 aromatic heterocycles. The number of thiophene rings is 1. The first-order valence-electron chi connectivity index (χ1n) is 8.51. The van der Waals surface area contributed by atoms with Crippen molar-refractivity contribution in [3.63, 3.8) is 0 Å². The summed E-state index contributed by atoms with van der Waals surface area (Å²) < 4.78 is 0. The van der Waals surface area contributed by atoms with Gasteiger partial charge in [-0.05, 0) is 70.1 Å². The number of nitrogens with zero attached hydrogens (tertiary/aromatic N) is 2. The number of hydrogen-bond donors (Lipinski definition) is 2. The first-order valence-corrected chi connectivity index (χ1v) is 9.39. The molecule has 0 bridgehead atoms. The summed E-state index contributed by atoms with van der Waals surface area (Å²) in [4.78, 5) is 8.58. The molecule has 2 rings (SSSR count). The van der Waals surface area contributed by atoms with Crippen LogP contribution in [-0.4, -0.2) is 50.6 Å². The SMILES string of the molecule is CCNC(=NCCC1CCN(C)CC1)NCCc1cccs1. The van der Waals surface area contributed by atoms with Gasteiger partial charge < -0.3 is 15.5 Å². The molecule has 0 aliphatic carbocycles. The lowest BCUT2D eigenvalue weighted by molar-refractivity contribution is 0.214. The zero-order valence-corrected chi connectivity index (χ0v) is 14.8. The van der Waals surface area contributed by atoms with Crippen LogP contribution in [0.2, 0.25) is 0 Å². The lowest BCUT2D eigenvalue weighted by Gasteiger charge is -2.28. The molecule has 0 radical (unpaired) electrons. The van der Waals surface area contributed by atoms with Crippen molar-refractivity contribution in [2.45, 2.75) is 32.6 Å². The highest BCUT2D eigenvalue weighted by molar-refractivity contribution is 7.09. The number of piperidine rings is 1. The van der Waals surface area contributed by atoms with Gasteiger partial charge in [-0.25, -0.2) is 0 Å². The summed E-state index contributed by atoms with van der Waals surface area (Å²) in [6.07, 6.45) is 4.94. The van der Waals surface area contributed by atoms with E-state index in [0.29, 0.717) is 0 Å². The van der Waals surface area contributed by atoms with Crippen LogP contribution in [-0.2, 0) is 6.42 Å². The van der Waals surface area contributed by atoms with Crippen molar-refractivity contribution in [2.24, 2.45) is 10.9 Å². The summed E-state index contributed by atoms with van der Waals surface area (Å²) >= 11 is 1.82. The zero-order chi connectivity index (χ0) is 15.6. The average molecular weight is 323 g/mol. The topological polar surface area (TPSA) is 39.7 Å². The third-order valence-electron chi connectivity index (χ3n) is 4.23. The minimum Gasteiger partial charge on any atom is -0.357 e. The highest BCUT2D eigenvalue weighted by atomic mass is 32.1. The van der Waals surface area contributed by atoms with Gasteiger partial charge in [0.2, 0.25) is 0 Å². The van der Waals surface area contributed by atoms with E-state index in [-0.39, 0.29) is 0 Å². The normalized spacial score (nSPS) is 17.6. The molecule has 1 saturated heterocycles. The number of nitrogens with one attached hydrogen (secondary N) is 2. The van der Waals surface area contributed by atoms with Crippen LogP contribution in [0, 0.1) is 5.92 Å². The third kappa shape index (κ3) is 6.36. The molecular formula is C17H30N4S. The van der Waals surface area contributed by atoms with Crippen molar-refractivity contribution in [2.75, 3.05) is 39.8 Å². The quantitative estimate of drug-likeness (QED) is 0.599. The zero-order valence-electron chi connectivity index (χ0n) is 14.0. The van der Waals surface area contributed by atoms with Crippen molar-refractivity contribution < 1.29 is 0 Å². The van der Waals surface area contributed by atoms with Gasteiger partial charge in [-0.3, -0.25) is 4.99 Å². The third-order valence-corrected chi connectivity index (χ3v) is 5.17. The maximum absolute atomic E-state index is 4.73. The smallest absolute Gasteiger partial charge is 0.191 e. The van der Waals surface area contributed by atoms with Gasteiger partial charge in [0, 0.05) is 24.5 Å². The highest BCUT2D eigenvalue weighted by Crippen LogP contribution is 2.19. The molecule has 1 aliphatic heterocycles. The van der Waals surface area contributed by atoms with E-state index in [4.69, 9.17) is 4.99 Å². The van der Waals surface area contributed by atoms with Gasteiger partial charge in [0.1, 0.15) is 0 Å². The van der Waals surface area contributed by atoms with Gasteiger partial charge in [0.25, 0.3) is 0 Å².